The Labute approximate surface area is 125 Å². The first-order valence-electron chi connectivity index (χ1n) is 7.98. The van der Waals surface area contributed by atoms with Crippen LogP contribution in [0.5, 0.6) is 0 Å². The van der Waals surface area contributed by atoms with Gasteiger partial charge in [0.15, 0.2) is 0 Å². The fraction of sp³-hybridized carbons (Fsp3) is 0.867. The topological polar surface area (TPSA) is 61.9 Å². The molecule has 3 aliphatic rings. The van der Waals surface area contributed by atoms with Crippen molar-refractivity contribution in [1.82, 2.24) is 15.1 Å². The highest BCUT2D eigenvalue weighted by atomic mass is 16.5. The van der Waals surface area contributed by atoms with Gasteiger partial charge in [-0.15, -0.1) is 0 Å². The highest BCUT2D eigenvalue weighted by Crippen LogP contribution is 2.30. The average Bonchev–Trinajstić information content (AvgIpc) is 3.10. The molecule has 3 amide bonds. The third-order valence-corrected chi connectivity index (χ3v) is 4.66. The first-order chi connectivity index (χ1) is 10.0. The SMILES string of the molecule is CC(C)N1C(=O)N[C@@]2(CCN(CCOCC3CC3)C2)C1=O. The molecule has 1 saturated carbocycles. The van der Waals surface area contributed by atoms with Crippen LogP contribution in [0.25, 0.3) is 0 Å². The molecular weight excluding hydrogens is 270 g/mol. The average molecular weight is 295 g/mol. The smallest absolute Gasteiger partial charge is 0.325 e. The highest BCUT2D eigenvalue weighted by Gasteiger charge is 2.55. The lowest BCUT2D eigenvalue weighted by Crippen LogP contribution is -2.49. The molecule has 1 aliphatic carbocycles. The maximum absolute atomic E-state index is 12.5. The van der Waals surface area contributed by atoms with Crippen LogP contribution in [0.1, 0.15) is 33.1 Å². The molecule has 21 heavy (non-hydrogen) atoms. The van der Waals surface area contributed by atoms with Gasteiger partial charge in [-0.05, 0) is 39.0 Å². The molecule has 1 N–H and O–H groups in total. The Morgan fingerprint density at radius 2 is 2.14 bits per heavy atom. The van der Waals surface area contributed by atoms with Crippen LogP contribution >= 0.6 is 0 Å². The van der Waals surface area contributed by atoms with E-state index in [1.165, 1.54) is 17.7 Å². The van der Waals surface area contributed by atoms with Crippen LogP contribution in [0.15, 0.2) is 0 Å². The summed E-state index contributed by atoms with van der Waals surface area (Å²) < 4.78 is 5.65. The minimum Gasteiger partial charge on any atom is -0.380 e. The molecule has 1 spiro atoms. The third-order valence-electron chi connectivity index (χ3n) is 4.66. The second-order valence-corrected chi connectivity index (χ2v) is 6.83. The van der Waals surface area contributed by atoms with Gasteiger partial charge < -0.3 is 10.1 Å². The van der Waals surface area contributed by atoms with Crippen LogP contribution in [0.3, 0.4) is 0 Å². The van der Waals surface area contributed by atoms with Gasteiger partial charge in [0, 0.05) is 32.3 Å². The predicted molar refractivity (Wildman–Crippen MR) is 77.8 cm³/mol. The van der Waals surface area contributed by atoms with Crippen LogP contribution in [0.4, 0.5) is 4.79 Å². The molecule has 0 bridgehead atoms. The number of imide groups is 1. The molecule has 6 heteroatoms. The summed E-state index contributed by atoms with van der Waals surface area (Å²) in [5, 5.41) is 2.91. The fourth-order valence-corrected chi connectivity index (χ4v) is 3.19. The minimum atomic E-state index is -0.697. The van der Waals surface area contributed by atoms with E-state index in [4.69, 9.17) is 4.74 Å². The number of likely N-dealkylation sites (tertiary alicyclic amines) is 1. The molecule has 0 aromatic heterocycles. The largest absolute Gasteiger partial charge is 0.380 e. The number of amides is 3. The maximum atomic E-state index is 12.5. The Morgan fingerprint density at radius 1 is 1.38 bits per heavy atom. The number of rotatable bonds is 6. The van der Waals surface area contributed by atoms with E-state index in [1.54, 1.807) is 0 Å². The van der Waals surface area contributed by atoms with Gasteiger partial charge >= 0.3 is 6.03 Å². The van der Waals surface area contributed by atoms with Gasteiger partial charge in [0.05, 0.1) is 6.61 Å². The Kier molecular flexibility index (Phi) is 3.92. The monoisotopic (exact) mass is 295 g/mol. The summed E-state index contributed by atoms with van der Waals surface area (Å²) in [6, 6.07) is -0.338. The molecular formula is C15H25N3O3. The van der Waals surface area contributed by atoms with E-state index in [1.807, 2.05) is 13.8 Å². The van der Waals surface area contributed by atoms with Crippen LogP contribution in [0, 0.1) is 5.92 Å². The van der Waals surface area contributed by atoms with E-state index in [0.717, 1.165) is 25.6 Å². The zero-order chi connectivity index (χ0) is 15.0. The van der Waals surface area contributed by atoms with E-state index in [0.29, 0.717) is 19.6 Å². The Morgan fingerprint density at radius 3 is 2.76 bits per heavy atom. The molecule has 3 fully saturated rings. The third kappa shape index (κ3) is 2.92. The van der Waals surface area contributed by atoms with Crippen molar-refractivity contribution in [3.05, 3.63) is 0 Å². The molecule has 2 heterocycles. The first kappa shape index (κ1) is 14.8. The lowest BCUT2D eigenvalue weighted by Gasteiger charge is -2.23. The molecule has 2 aliphatic heterocycles. The number of carbonyl (C=O) groups is 2. The van der Waals surface area contributed by atoms with Crippen LogP contribution in [0.2, 0.25) is 0 Å². The van der Waals surface area contributed by atoms with Gasteiger partial charge in [-0.25, -0.2) is 4.79 Å². The van der Waals surface area contributed by atoms with Crippen molar-refractivity contribution in [1.29, 1.82) is 0 Å². The zero-order valence-corrected chi connectivity index (χ0v) is 12.9. The van der Waals surface area contributed by atoms with E-state index in [2.05, 4.69) is 10.2 Å². The van der Waals surface area contributed by atoms with Gasteiger partial charge in [0.25, 0.3) is 5.91 Å². The van der Waals surface area contributed by atoms with Crippen LogP contribution in [-0.2, 0) is 9.53 Å². The summed E-state index contributed by atoms with van der Waals surface area (Å²) in [5.74, 6) is 0.717. The number of hydrogen-bond donors (Lipinski definition) is 1. The number of ether oxygens (including phenoxy) is 1. The van der Waals surface area contributed by atoms with Crippen molar-refractivity contribution < 1.29 is 14.3 Å². The Bertz CT molecular complexity index is 436. The maximum Gasteiger partial charge on any atom is 0.325 e. The number of urea groups is 1. The molecule has 118 valence electrons. The number of carbonyl (C=O) groups excluding carboxylic acids is 2. The summed E-state index contributed by atoms with van der Waals surface area (Å²) in [6.45, 7) is 7.60. The second kappa shape index (κ2) is 5.57. The Balaban J connectivity index is 1.50. The number of nitrogens with one attached hydrogen (secondary N) is 1. The summed E-state index contributed by atoms with van der Waals surface area (Å²) in [4.78, 5) is 28.1. The minimum absolute atomic E-state index is 0.0658. The fourth-order valence-electron chi connectivity index (χ4n) is 3.19. The van der Waals surface area contributed by atoms with Crippen molar-refractivity contribution in [3.8, 4) is 0 Å². The van der Waals surface area contributed by atoms with Crippen molar-refractivity contribution in [2.45, 2.75) is 44.7 Å². The lowest BCUT2D eigenvalue weighted by atomic mass is 9.99. The van der Waals surface area contributed by atoms with E-state index >= 15 is 0 Å². The van der Waals surface area contributed by atoms with Crippen molar-refractivity contribution in [3.63, 3.8) is 0 Å². The molecule has 0 aromatic rings. The Hall–Kier alpha value is -1.14. The van der Waals surface area contributed by atoms with Gasteiger partial charge in [0.1, 0.15) is 5.54 Å². The molecule has 0 unspecified atom stereocenters. The van der Waals surface area contributed by atoms with Gasteiger partial charge in [-0.3, -0.25) is 14.6 Å². The van der Waals surface area contributed by atoms with E-state index in [-0.39, 0.29) is 18.0 Å². The molecule has 0 radical (unpaired) electrons. The quantitative estimate of drug-likeness (QED) is 0.582. The number of nitrogens with zero attached hydrogens (tertiary/aromatic N) is 2. The van der Waals surface area contributed by atoms with E-state index in [9.17, 15) is 9.59 Å². The van der Waals surface area contributed by atoms with Crippen molar-refractivity contribution >= 4 is 11.9 Å². The van der Waals surface area contributed by atoms with Crippen LogP contribution in [-0.4, -0.2) is 66.2 Å². The standard InChI is InChI=1S/C15H25N3O3/c1-11(2)18-13(19)15(16-14(18)20)5-6-17(10-15)7-8-21-9-12-3-4-12/h11-12H,3-10H2,1-2H3,(H,16,20)/t15-/m1/s1. The molecule has 2 saturated heterocycles. The van der Waals surface area contributed by atoms with Crippen molar-refractivity contribution in [2.75, 3.05) is 32.8 Å². The van der Waals surface area contributed by atoms with Gasteiger partial charge in [-0.1, -0.05) is 0 Å². The van der Waals surface area contributed by atoms with E-state index < -0.39 is 5.54 Å². The van der Waals surface area contributed by atoms with Gasteiger partial charge in [-0.2, -0.15) is 0 Å². The number of hydrogen-bond acceptors (Lipinski definition) is 4. The summed E-state index contributed by atoms with van der Waals surface area (Å²) in [7, 11) is 0. The second-order valence-electron chi connectivity index (χ2n) is 6.83. The first-order valence-corrected chi connectivity index (χ1v) is 7.98. The van der Waals surface area contributed by atoms with Crippen LogP contribution < -0.4 is 5.32 Å². The summed E-state index contributed by atoms with van der Waals surface area (Å²) in [5.41, 5.74) is -0.697. The zero-order valence-electron chi connectivity index (χ0n) is 12.9. The molecule has 0 aromatic carbocycles. The molecule has 3 rings (SSSR count). The summed E-state index contributed by atoms with van der Waals surface area (Å²) in [6.07, 6.45) is 3.31. The highest BCUT2D eigenvalue weighted by molar-refractivity contribution is 6.07. The summed E-state index contributed by atoms with van der Waals surface area (Å²) >= 11 is 0. The van der Waals surface area contributed by atoms with Gasteiger partial charge in [0.2, 0.25) is 0 Å². The molecule has 1 atom stereocenters. The lowest BCUT2D eigenvalue weighted by molar-refractivity contribution is -0.132. The van der Waals surface area contributed by atoms with Crippen molar-refractivity contribution in [2.24, 2.45) is 5.92 Å². The predicted octanol–water partition coefficient (Wildman–Crippen LogP) is 0.818. The normalized spacial score (nSPS) is 30.0. The molecule has 6 nitrogen and oxygen atoms in total.